The first kappa shape index (κ1) is 24.1. The number of carbonyl (C=O) groups is 2. The van der Waals surface area contributed by atoms with Gasteiger partial charge in [-0.1, -0.05) is 31.4 Å². The normalized spacial score (nSPS) is 21.8. The number of carbonyl (C=O) groups excluding carboxylic acids is 2. The highest BCUT2D eigenvalue weighted by molar-refractivity contribution is 7.89. The summed E-state index contributed by atoms with van der Waals surface area (Å²) >= 11 is 0. The number of hydrogen-bond donors (Lipinski definition) is 0. The Kier molecular flexibility index (Phi) is 7.65. The van der Waals surface area contributed by atoms with Crippen molar-refractivity contribution in [2.24, 2.45) is 5.92 Å². The second-order valence-corrected chi connectivity index (χ2v) is 11.1. The van der Waals surface area contributed by atoms with Gasteiger partial charge in [0, 0.05) is 58.3 Å². The maximum absolute atomic E-state index is 14.0. The number of nitrogens with zero attached hydrogens (tertiary/aromatic N) is 4. The minimum Gasteiger partial charge on any atom is -0.340 e. The van der Waals surface area contributed by atoms with E-state index in [0.29, 0.717) is 26.2 Å². The van der Waals surface area contributed by atoms with E-state index < -0.39 is 15.8 Å². The molecule has 33 heavy (non-hydrogen) atoms. The fraction of sp³-hybridized carbons (Fsp3) is 0.652. The van der Waals surface area contributed by atoms with Crippen LogP contribution in [-0.4, -0.2) is 98.1 Å². The predicted octanol–water partition coefficient (Wildman–Crippen LogP) is 1.38. The van der Waals surface area contributed by atoms with Gasteiger partial charge in [-0.3, -0.25) is 14.5 Å². The van der Waals surface area contributed by atoms with Crippen molar-refractivity contribution in [2.45, 2.75) is 37.0 Å². The van der Waals surface area contributed by atoms with E-state index in [2.05, 4.69) is 4.90 Å². The van der Waals surface area contributed by atoms with E-state index in [1.54, 1.807) is 4.90 Å². The van der Waals surface area contributed by atoms with Crippen LogP contribution in [0, 0.1) is 11.7 Å². The molecule has 2 saturated heterocycles. The summed E-state index contributed by atoms with van der Waals surface area (Å²) in [5.74, 6) is -0.362. The molecule has 1 saturated carbocycles. The summed E-state index contributed by atoms with van der Waals surface area (Å²) in [6.45, 7) is 3.77. The molecule has 0 unspecified atom stereocenters. The summed E-state index contributed by atoms with van der Waals surface area (Å²) in [7, 11) is -3.92. The maximum Gasteiger partial charge on any atom is 0.246 e. The third-order valence-electron chi connectivity index (χ3n) is 7.04. The Bertz CT molecular complexity index is 951. The van der Waals surface area contributed by atoms with Crippen molar-refractivity contribution in [3.63, 3.8) is 0 Å². The van der Waals surface area contributed by atoms with E-state index in [1.807, 2.05) is 4.90 Å². The van der Waals surface area contributed by atoms with Crippen molar-refractivity contribution >= 4 is 21.8 Å². The molecular formula is C23H33FN4O4S. The van der Waals surface area contributed by atoms with E-state index in [9.17, 15) is 22.4 Å². The van der Waals surface area contributed by atoms with Gasteiger partial charge in [-0.05, 0) is 25.0 Å². The molecule has 10 heteroatoms. The van der Waals surface area contributed by atoms with E-state index >= 15 is 0 Å². The number of piperazine rings is 2. The summed E-state index contributed by atoms with van der Waals surface area (Å²) in [6, 6.07) is 5.35. The molecular weight excluding hydrogens is 447 g/mol. The minimum absolute atomic E-state index is 0.0370. The van der Waals surface area contributed by atoms with Gasteiger partial charge >= 0.3 is 0 Å². The van der Waals surface area contributed by atoms with Crippen LogP contribution >= 0.6 is 0 Å². The monoisotopic (exact) mass is 480 g/mol. The van der Waals surface area contributed by atoms with E-state index in [1.165, 1.54) is 28.9 Å². The lowest BCUT2D eigenvalue weighted by molar-refractivity contribution is -0.139. The first-order chi connectivity index (χ1) is 15.9. The zero-order valence-electron chi connectivity index (χ0n) is 19.0. The first-order valence-electron chi connectivity index (χ1n) is 11.9. The number of amides is 2. The Balaban J connectivity index is 1.23. The van der Waals surface area contributed by atoms with Gasteiger partial charge < -0.3 is 9.80 Å². The number of rotatable bonds is 5. The number of halogens is 1. The molecule has 2 amide bonds. The summed E-state index contributed by atoms with van der Waals surface area (Å²) in [5, 5.41) is 0. The Morgan fingerprint density at radius 1 is 0.848 bits per heavy atom. The standard InChI is InChI=1S/C23H33FN4O4S/c24-20-8-4-5-9-21(20)33(31,32)28-16-14-26(15-17-28)22(29)18-25-10-12-27(13-11-25)23(30)19-6-2-1-3-7-19/h4-5,8-9,19H,1-3,6-7,10-18H2. The van der Waals surface area contributed by atoms with Crippen LogP contribution in [0.4, 0.5) is 4.39 Å². The minimum atomic E-state index is -3.92. The van der Waals surface area contributed by atoms with Gasteiger partial charge in [0.25, 0.3) is 0 Å². The molecule has 4 rings (SSSR count). The lowest BCUT2D eigenvalue weighted by Crippen LogP contribution is -2.55. The van der Waals surface area contributed by atoms with E-state index in [0.717, 1.165) is 31.7 Å². The first-order valence-corrected chi connectivity index (χ1v) is 13.3. The molecule has 8 nitrogen and oxygen atoms in total. The average molecular weight is 481 g/mol. The molecule has 1 aliphatic carbocycles. The molecule has 2 heterocycles. The highest BCUT2D eigenvalue weighted by Crippen LogP contribution is 2.26. The molecule has 0 bridgehead atoms. The van der Waals surface area contributed by atoms with Crippen LogP contribution in [-0.2, 0) is 19.6 Å². The van der Waals surface area contributed by atoms with Gasteiger partial charge in [-0.25, -0.2) is 12.8 Å². The highest BCUT2D eigenvalue weighted by Gasteiger charge is 2.33. The second-order valence-electron chi connectivity index (χ2n) is 9.15. The van der Waals surface area contributed by atoms with Gasteiger partial charge in [0.2, 0.25) is 21.8 Å². The largest absolute Gasteiger partial charge is 0.340 e. The van der Waals surface area contributed by atoms with Gasteiger partial charge in [0.05, 0.1) is 6.54 Å². The van der Waals surface area contributed by atoms with Crippen LogP contribution < -0.4 is 0 Å². The molecule has 0 spiro atoms. The van der Waals surface area contributed by atoms with Crippen molar-refractivity contribution < 1.29 is 22.4 Å². The predicted molar refractivity (Wildman–Crippen MR) is 121 cm³/mol. The van der Waals surface area contributed by atoms with Crippen molar-refractivity contribution in [3.05, 3.63) is 30.1 Å². The van der Waals surface area contributed by atoms with Crippen LogP contribution in [0.2, 0.25) is 0 Å². The summed E-state index contributed by atoms with van der Waals surface area (Å²) < 4.78 is 40.7. The number of sulfonamides is 1. The number of benzene rings is 1. The average Bonchev–Trinajstić information content (AvgIpc) is 2.85. The molecule has 0 atom stereocenters. The third-order valence-corrected chi connectivity index (χ3v) is 8.97. The Labute approximate surface area is 195 Å². The summed E-state index contributed by atoms with van der Waals surface area (Å²) in [6.07, 6.45) is 5.49. The summed E-state index contributed by atoms with van der Waals surface area (Å²) in [4.78, 5) is 30.9. The second kappa shape index (κ2) is 10.5. The third kappa shape index (κ3) is 5.55. The lowest BCUT2D eigenvalue weighted by atomic mass is 9.88. The Morgan fingerprint density at radius 3 is 2.09 bits per heavy atom. The van der Waals surface area contributed by atoms with Crippen molar-refractivity contribution in [1.82, 2.24) is 19.0 Å². The molecule has 0 aromatic heterocycles. The fourth-order valence-electron chi connectivity index (χ4n) is 5.00. The van der Waals surface area contributed by atoms with E-state index in [4.69, 9.17) is 0 Å². The van der Waals surface area contributed by atoms with Crippen LogP contribution in [0.15, 0.2) is 29.2 Å². The molecule has 1 aromatic carbocycles. The number of hydrogen-bond acceptors (Lipinski definition) is 5. The van der Waals surface area contributed by atoms with Gasteiger partial charge in [0.15, 0.2) is 0 Å². The lowest BCUT2D eigenvalue weighted by Gasteiger charge is -2.38. The zero-order valence-corrected chi connectivity index (χ0v) is 19.8. The molecule has 3 fully saturated rings. The summed E-state index contributed by atoms with van der Waals surface area (Å²) in [5.41, 5.74) is 0. The molecule has 0 radical (unpaired) electrons. The van der Waals surface area contributed by atoms with Gasteiger partial charge in [-0.2, -0.15) is 4.31 Å². The Hall–Kier alpha value is -2.04. The van der Waals surface area contributed by atoms with Crippen molar-refractivity contribution in [3.8, 4) is 0 Å². The molecule has 3 aliphatic rings. The molecule has 0 N–H and O–H groups in total. The topological polar surface area (TPSA) is 81.2 Å². The van der Waals surface area contributed by atoms with Crippen LogP contribution in [0.25, 0.3) is 0 Å². The highest BCUT2D eigenvalue weighted by atomic mass is 32.2. The quantitative estimate of drug-likeness (QED) is 0.636. The maximum atomic E-state index is 14.0. The molecule has 182 valence electrons. The molecule has 2 aliphatic heterocycles. The van der Waals surface area contributed by atoms with Gasteiger partial charge in [0.1, 0.15) is 10.7 Å². The van der Waals surface area contributed by atoms with Crippen LogP contribution in [0.1, 0.15) is 32.1 Å². The smallest absolute Gasteiger partial charge is 0.246 e. The van der Waals surface area contributed by atoms with Crippen molar-refractivity contribution in [1.29, 1.82) is 0 Å². The zero-order chi connectivity index (χ0) is 23.4. The van der Waals surface area contributed by atoms with Gasteiger partial charge in [-0.15, -0.1) is 0 Å². The fourth-order valence-corrected chi connectivity index (χ4v) is 6.48. The Morgan fingerprint density at radius 2 is 1.45 bits per heavy atom. The van der Waals surface area contributed by atoms with Crippen LogP contribution in [0.3, 0.4) is 0 Å². The van der Waals surface area contributed by atoms with E-state index in [-0.39, 0.29) is 55.4 Å². The molecule has 1 aromatic rings. The SMILES string of the molecule is O=C(CN1CCN(C(=O)C2CCCCC2)CC1)N1CCN(S(=O)(=O)c2ccccc2F)CC1. The van der Waals surface area contributed by atoms with Crippen LogP contribution in [0.5, 0.6) is 0 Å². The van der Waals surface area contributed by atoms with Crippen molar-refractivity contribution in [2.75, 3.05) is 58.9 Å².